The van der Waals surface area contributed by atoms with E-state index in [4.69, 9.17) is 4.74 Å². The molecule has 0 bridgehead atoms. The fourth-order valence-electron chi connectivity index (χ4n) is 3.00. The molecule has 1 unspecified atom stereocenters. The number of rotatable bonds is 10. The van der Waals surface area contributed by atoms with Gasteiger partial charge in [-0.25, -0.2) is 4.79 Å². The fourth-order valence-corrected chi connectivity index (χ4v) is 3.00. The molecule has 1 amide bonds. The quantitative estimate of drug-likeness (QED) is 0.568. The Morgan fingerprint density at radius 2 is 1.83 bits per heavy atom. The molecule has 4 heteroatoms. The van der Waals surface area contributed by atoms with Crippen molar-refractivity contribution in [2.24, 2.45) is 0 Å². The van der Waals surface area contributed by atoms with E-state index in [0.29, 0.717) is 6.04 Å². The molecule has 1 saturated carbocycles. The van der Waals surface area contributed by atoms with Gasteiger partial charge in [-0.3, -0.25) is 0 Å². The van der Waals surface area contributed by atoms with Gasteiger partial charge < -0.3 is 15.4 Å². The number of unbranched alkanes of at least 4 members (excludes halogenated alkanes) is 4. The highest BCUT2D eigenvalue weighted by Crippen LogP contribution is 2.31. The summed E-state index contributed by atoms with van der Waals surface area (Å²) in [6.45, 7) is 11.1. The summed E-state index contributed by atoms with van der Waals surface area (Å²) in [6.07, 6.45) is 10.8. The lowest BCUT2D eigenvalue weighted by Crippen LogP contribution is -2.60. The van der Waals surface area contributed by atoms with Gasteiger partial charge in [-0.1, -0.05) is 39.0 Å². The van der Waals surface area contributed by atoms with Crippen LogP contribution in [-0.4, -0.2) is 29.8 Å². The molecule has 1 aliphatic rings. The summed E-state index contributed by atoms with van der Waals surface area (Å²) >= 11 is 0. The van der Waals surface area contributed by atoms with E-state index < -0.39 is 5.60 Å². The number of ether oxygens (including phenoxy) is 1. The van der Waals surface area contributed by atoms with Gasteiger partial charge in [-0.15, -0.1) is 0 Å². The van der Waals surface area contributed by atoms with Gasteiger partial charge in [0, 0.05) is 12.6 Å². The molecule has 0 aromatic rings. The molecular formula is C19H38N2O2. The molecule has 1 fully saturated rings. The Balaban J connectivity index is 2.25. The zero-order chi connectivity index (χ0) is 17.3. The first-order chi connectivity index (χ1) is 10.8. The third-order valence-corrected chi connectivity index (χ3v) is 4.61. The second kappa shape index (κ2) is 9.51. The number of amides is 1. The molecule has 0 saturated heterocycles. The minimum absolute atomic E-state index is 0.0984. The first-order valence-electron chi connectivity index (χ1n) is 9.51. The first kappa shape index (κ1) is 20.3. The summed E-state index contributed by atoms with van der Waals surface area (Å²) in [5.74, 6) is 0. The summed E-state index contributed by atoms with van der Waals surface area (Å²) in [6, 6.07) is 0.509. The van der Waals surface area contributed by atoms with E-state index >= 15 is 0 Å². The van der Waals surface area contributed by atoms with Gasteiger partial charge in [0.1, 0.15) is 5.60 Å². The SMILES string of the molecule is CCCCCCCC(C)NCC1(NC(=O)OC(C)(C)C)CCC1. The number of hydrogen-bond acceptors (Lipinski definition) is 3. The highest BCUT2D eigenvalue weighted by atomic mass is 16.6. The topological polar surface area (TPSA) is 50.4 Å². The van der Waals surface area contributed by atoms with Gasteiger partial charge in [0.05, 0.1) is 5.54 Å². The maximum absolute atomic E-state index is 12.0. The van der Waals surface area contributed by atoms with Crippen molar-refractivity contribution in [3.8, 4) is 0 Å². The van der Waals surface area contributed by atoms with Crippen LogP contribution in [0.25, 0.3) is 0 Å². The molecule has 1 rings (SSSR count). The monoisotopic (exact) mass is 326 g/mol. The van der Waals surface area contributed by atoms with Crippen LogP contribution >= 0.6 is 0 Å². The van der Waals surface area contributed by atoms with Crippen molar-refractivity contribution < 1.29 is 9.53 Å². The molecular weight excluding hydrogens is 288 g/mol. The highest BCUT2D eigenvalue weighted by molar-refractivity contribution is 5.69. The lowest BCUT2D eigenvalue weighted by Gasteiger charge is -2.43. The van der Waals surface area contributed by atoms with Gasteiger partial charge >= 0.3 is 6.09 Å². The normalized spacial score (nSPS) is 18.1. The van der Waals surface area contributed by atoms with Crippen LogP contribution in [0.4, 0.5) is 4.79 Å². The average molecular weight is 327 g/mol. The average Bonchev–Trinajstić information content (AvgIpc) is 2.39. The molecule has 0 spiro atoms. The van der Waals surface area contributed by atoms with Crippen molar-refractivity contribution >= 4 is 6.09 Å². The standard InChI is InChI=1S/C19H38N2O2/c1-6-7-8-9-10-12-16(2)20-15-19(13-11-14-19)21-17(22)23-18(3,4)5/h16,20H,6-15H2,1-5H3,(H,21,22). The zero-order valence-corrected chi connectivity index (χ0v) is 16.0. The minimum atomic E-state index is -0.436. The summed E-state index contributed by atoms with van der Waals surface area (Å²) in [5, 5.41) is 6.72. The molecule has 2 N–H and O–H groups in total. The highest BCUT2D eigenvalue weighted by Gasteiger charge is 2.39. The molecule has 0 radical (unpaired) electrons. The molecule has 23 heavy (non-hydrogen) atoms. The Morgan fingerprint density at radius 1 is 1.17 bits per heavy atom. The summed E-state index contributed by atoms with van der Waals surface area (Å²) in [4.78, 5) is 12.0. The Labute approximate surface area is 143 Å². The predicted molar refractivity (Wildman–Crippen MR) is 96.8 cm³/mol. The van der Waals surface area contributed by atoms with Crippen LogP contribution in [-0.2, 0) is 4.74 Å². The number of nitrogens with one attached hydrogen (secondary N) is 2. The molecule has 0 heterocycles. The van der Waals surface area contributed by atoms with Gasteiger partial charge in [-0.05, 0) is 53.4 Å². The van der Waals surface area contributed by atoms with Crippen LogP contribution in [0.15, 0.2) is 0 Å². The van der Waals surface area contributed by atoms with Crippen molar-refractivity contribution in [1.82, 2.24) is 10.6 Å². The van der Waals surface area contributed by atoms with Gasteiger partial charge in [0.15, 0.2) is 0 Å². The molecule has 0 aromatic carbocycles. The van der Waals surface area contributed by atoms with E-state index in [9.17, 15) is 4.79 Å². The summed E-state index contributed by atoms with van der Waals surface area (Å²) in [5.41, 5.74) is -0.535. The third-order valence-electron chi connectivity index (χ3n) is 4.61. The summed E-state index contributed by atoms with van der Waals surface area (Å²) in [7, 11) is 0. The van der Waals surface area contributed by atoms with Crippen LogP contribution in [0.3, 0.4) is 0 Å². The van der Waals surface area contributed by atoms with Crippen LogP contribution in [0.5, 0.6) is 0 Å². The van der Waals surface area contributed by atoms with Crippen LogP contribution < -0.4 is 10.6 Å². The Kier molecular flexibility index (Phi) is 8.38. The fraction of sp³-hybridized carbons (Fsp3) is 0.947. The molecule has 1 atom stereocenters. The van der Waals surface area contributed by atoms with E-state index in [2.05, 4.69) is 24.5 Å². The predicted octanol–water partition coefficient (Wildman–Crippen LogP) is 4.77. The van der Waals surface area contributed by atoms with Crippen LogP contribution in [0.2, 0.25) is 0 Å². The molecule has 0 aliphatic heterocycles. The van der Waals surface area contributed by atoms with Crippen molar-refractivity contribution in [1.29, 1.82) is 0 Å². The maximum atomic E-state index is 12.0. The number of carbonyl (C=O) groups is 1. The minimum Gasteiger partial charge on any atom is -0.444 e. The van der Waals surface area contributed by atoms with Crippen molar-refractivity contribution in [2.75, 3.05) is 6.54 Å². The Morgan fingerprint density at radius 3 is 2.35 bits per heavy atom. The summed E-state index contributed by atoms with van der Waals surface area (Å²) < 4.78 is 5.40. The Bertz CT molecular complexity index is 346. The molecule has 1 aliphatic carbocycles. The maximum Gasteiger partial charge on any atom is 0.408 e. The van der Waals surface area contributed by atoms with Gasteiger partial charge in [0.25, 0.3) is 0 Å². The lowest BCUT2D eigenvalue weighted by atomic mass is 9.76. The smallest absolute Gasteiger partial charge is 0.408 e. The van der Waals surface area contributed by atoms with Crippen molar-refractivity contribution in [3.63, 3.8) is 0 Å². The van der Waals surface area contributed by atoms with Gasteiger partial charge in [-0.2, -0.15) is 0 Å². The number of alkyl carbamates (subject to hydrolysis) is 1. The second-order valence-electron chi connectivity index (χ2n) is 8.25. The lowest BCUT2D eigenvalue weighted by molar-refractivity contribution is 0.0379. The number of hydrogen-bond donors (Lipinski definition) is 2. The van der Waals surface area contributed by atoms with Gasteiger partial charge in [0.2, 0.25) is 0 Å². The zero-order valence-electron chi connectivity index (χ0n) is 16.0. The van der Waals surface area contributed by atoms with E-state index in [1.54, 1.807) is 0 Å². The largest absolute Gasteiger partial charge is 0.444 e. The number of carbonyl (C=O) groups excluding carboxylic acids is 1. The molecule has 136 valence electrons. The molecule has 0 aromatic heterocycles. The first-order valence-corrected chi connectivity index (χ1v) is 9.51. The van der Waals surface area contributed by atoms with E-state index in [1.165, 1.54) is 44.9 Å². The van der Waals surface area contributed by atoms with E-state index in [0.717, 1.165) is 19.4 Å². The second-order valence-corrected chi connectivity index (χ2v) is 8.25. The Hall–Kier alpha value is -0.770. The van der Waals surface area contributed by atoms with Crippen LogP contribution in [0.1, 0.15) is 92.4 Å². The van der Waals surface area contributed by atoms with Crippen molar-refractivity contribution in [3.05, 3.63) is 0 Å². The third kappa shape index (κ3) is 8.59. The van der Waals surface area contributed by atoms with E-state index in [1.807, 2.05) is 20.8 Å². The van der Waals surface area contributed by atoms with Crippen molar-refractivity contribution in [2.45, 2.75) is 110 Å². The van der Waals surface area contributed by atoms with Crippen LogP contribution in [0, 0.1) is 0 Å². The molecule has 4 nitrogen and oxygen atoms in total. The van der Waals surface area contributed by atoms with E-state index in [-0.39, 0.29) is 11.6 Å².